The minimum absolute atomic E-state index is 0.840. The Hall–Kier alpha value is -2.07. The molecule has 1 heterocycles. The second kappa shape index (κ2) is 4.63. The fourth-order valence-corrected chi connectivity index (χ4v) is 1.65. The number of aromatic nitrogens is 1. The predicted octanol–water partition coefficient (Wildman–Crippen LogP) is 3.29. The third-order valence-corrected chi connectivity index (χ3v) is 2.60. The van der Waals surface area contributed by atoms with Crippen LogP contribution in [0, 0.1) is 12.3 Å². The molecule has 0 radical (unpaired) electrons. The number of aryl methyl sites for hydroxylation is 1. The first-order valence-electron chi connectivity index (χ1n) is 5.36. The van der Waals surface area contributed by atoms with E-state index in [9.17, 15) is 0 Å². The molecule has 0 saturated carbocycles. The summed E-state index contributed by atoms with van der Waals surface area (Å²) >= 11 is 0. The van der Waals surface area contributed by atoms with Gasteiger partial charge in [0.15, 0.2) is 0 Å². The summed E-state index contributed by atoms with van der Waals surface area (Å²) in [4.78, 5) is 4.33. The molecule has 1 nitrogen and oxygen atoms in total. The van der Waals surface area contributed by atoms with Crippen molar-refractivity contribution in [2.45, 2.75) is 13.3 Å². The van der Waals surface area contributed by atoms with Crippen molar-refractivity contribution in [3.63, 3.8) is 0 Å². The second-order valence-corrected chi connectivity index (χ2v) is 3.59. The molecular weight excluding hydrogens is 194 g/mol. The van der Waals surface area contributed by atoms with Crippen molar-refractivity contribution < 1.29 is 0 Å². The molecule has 0 saturated heterocycles. The quantitative estimate of drug-likeness (QED) is 0.688. The Morgan fingerprint density at radius 1 is 1.19 bits per heavy atom. The van der Waals surface area contributed by atoms with Crippen LogP contribution in [0.1, 0.15) is 18.1 Å². The largest absolute Gasteiger partial charge is 0.255 e. The summed E-state index contributed by atoms with van der Waals surface area (Å²) in [5.74, 6) is 2.66. The Bertz CT molecular complexity index is 518. The summed E-state index contributed by atoms with van der Waals surface area (Å²) < 4.78 is 0. The topological polar surface area (TPSA) is 12.9 Å². The molecule has 2 aromatic rings. The van der Waals surface area contributed by atoms with Gasteiger partial charge in [-0.1, -0.05) is 37.1 Å². The highest BCUT2D eigenvalue weighted by atomic mass is 14.7. The molecule has 0 aliphatic heterocycles. The number of benzene rings is 1. The van der Waals surface area contributed by atoms with E-state index in [4.69, 9.17) is 6.42 Å². The molecule has 1 aromatic heterocycles. The van der Waals surface area contributed by atoms with Gasteiger partial charge in [0.05, 0.1) is 11.3 Å². The SMILES string of the molecule is C#Cc1cccnc1-c1ccc(CC)cc1. The van der Waals surface area contributed by atoms with Gasteiger partial charge >= 0.3 is 0 Å². The number of terminal acetylenes is 1. The van der Waals surface area contributed by atoms with Crippen molar-refractivity contribution >= 4 is 0 Å². The van der Waals surface area contributed by atoms with Crippen LogP contribution in [0.4, 0.5) is 0 Å². The smallest absolute Gasteiger partial charge is 0.0858 e. The van der Waals surface area contributed by atoms with Crippen LogP contribution in [0.5, 0.6) is 0 Å². The van der Waals surface area contributed by atoms with Crippen molar-refractivity contribution in [1.29, 1.82) is 0 Å². The molecule has 78 valence electrons. The van der Waals surface area contributed by atoms with Crippen LogP contribution in [0.25, 0.3) is 11.3 Å². The van der Waals surface area contributed by atoms with Gasteiger partial charge in [-0.25, -0.2) is 0 Å². The van der Waals surface area contributed by atoms with Crippen LogP contribution in [0.15, 0.2) is 42.6 Å². The van der Waals surface area contributed by atoms with Gasteiger partial charge in [0, 0.05) is 11.8 Å². The van der Waals surface area contributed by atoms with E-state index < -0.39 is 0 Å². The molecule has 1 aromatic carbocycles. The molecule has 0 N–H and O–H groups in total. The maximum atomic E-state index is 5.45. The molecule has 0 atom stereocenters. The van der Waals surface area contributed by atoms with Crippen molar-refractivity contribution in [3.05, 3.63) is 53.7 Å². The molecular formula is C15H13N. The lowest BCUT2D eigenvalue weighted by Gasteiger charge is -2.04. The predicted molar refractivity (Wildman–Crippen MR) is 67.0 cm³/mol. The minimum atomic E-state index is 0.840. The van der Waals surface area contributed by atoms with E-state index in [2.05, 4.69) is 42.1 Å². The standard InChI is InChI=1S/C15H13N/c1-3-12-7-9-14(10-8-12)15-13(4-2)6-5-11-16-15/h2,5-11H,3H2,1H3. The lowest BCUT2D eigenvalue weighted by Crippen LogP contribution is -1.88. The molecule has 0 unspecified atom stereocenters. The zero-order chi connectivity index (χ0) is 11.4. The van der Waals surface area contributed by atoms with Crippen LogP contribution < -0.4 is 0 Å². The molecule has 1 heteroatoms. The van der Waals surface area contributed by atoms with E-state index in [-0.39, 0.29) is 0 Å². The minimum Gasteiger partial charge on any atom is -0.255 e. The molecule has 0 amide bonds. The van der Waals surface area contributed by atoms with Crippen LogP contribution in [0.2, 0.25) is 0 Å². The highest BCUT2D eigenvalue weighted by molar-refractivity contribution is 5.66. The monoisotopic (exact) mass is 207 g/mol. The van der Waals surface area contributed by atoms with E-state index in [1.54, 1.807) is 6.20 Å². The number of rotatable bonds is 2. The van der Waals surface area contributed by atoms with Gasteiger partial charge in [0.2, 0.25) is 0 Å². The van der Waals surface area contributed by atoms with Gasteiger partial charge in [-0.15, -0.1) is 6.42 Å². The van der Waals surface area contributed by atoms with Gasteiger partial charge in [-0.2, -0.15) is 0 Å². The number of hydrogen-bond donors (Lipinski definition) is 0. The summed E-state index contributed by atoms with van der Waals surface area (Å²) in [5, 5.41) is 0. The number of hydrogen-bond acceptors (Lipinski definition) is 1. The Morgan fingerprint density at radius 3 is 2.56 bits per heavy atom. The van der Waals surface area contributed by atoms with Gasteiger partial charge in [-0.3, -0.25) is 4.98 Å². The lowest BCUT2D eigenvalue weighted by molar-refractivity contribution is 1.14. The third-order valence-electron chi connectivity index (χ3n) is 2.60. The Kier molecular flexibility index (Phi) is 3.03. The van der Waals surface area contributed by atoms with Crippen LogP contribution in [-0.2, 0) is 6.42 Å². The number of pyridine rings is 1. The van der Waals surface area contributed by atoms with E-state index in [1.165, 1.54) is 5.56 Å². The van der Waals surface area contributed by atoms with E-state index in [0.717, 1.165) is 23.2 Å². The highest BCUT2D eigenvalue weighted by Gasteiger charge is 2.03. The molecule has 0 aliphatic carbocycles. The zero-order valence-electron chi connectivity index (χ0n) is 9.27. The molecule has 0 bridgehead atoms. The first kappa shape index (κ1) is 10.4. The lowest BCUT2D eigenvalue weighted by atomic mass is 10.0. The summed E-state index contributed by atoms with van der Waals surface area (Å²) in [6, 6.07) is 12.1. The normalized spacial score (nSPS) is 9.75. The first-order valence-corrected chi connectivity index (χ1v) is 5.36. The Balaban J connectivity index is 2.47. The fourth-order valence-electron chi connectivity index (χ4n) is 1.65. The fraction of sp³-hybridized carbons (Fsp3) is 0.133. The van der Waals surface area contributed by atoms with Crippen LogP contribution >= 0.6 is 0 Å². The molecule has 0 fully saturated rings. The van der Waals surface area contributed by atoms with Gasteiger partial charge in [-0.05, 0) is 24.1 Å². The number of nitrogens with zero attached hydrogens (tertiary/aromatic N) is 1. The van der Waals surface area contributed by atoms with E-state index >= 15 is 0 Å². The summed E-state index contributed by atoms with van der Waals surface area (Å²) in [7, 11) is 0. The van der Waals surface area contributed by atoms with Crippen LogP contribution in [0.3, 0.4) is 0 Å². The molecule has 0 aliphatic rings. The van der Waals surface area contributed by atoms with Crippen LogP contribution in [-0.4, -0.2) is 4.98 Å². The second-order valence-electron chi connectivity index (χ2n) is 3.59. The molecule has 2 rings (SSSR count). The van der Waals surface area contributed by atoms with Crippen molar-refractivity contribution in [3.8, 4) is 23.6 Å². The maximum Gasteiger partial charge on any atom is 0.0858 e. The first-order chi connectivity index (χ1) is 7.85. The molecule has 0 spiro atoms. The Morgan fingerprint density at radius 2 is 1.94 bits per heavy atom. The highest BCUT2D eigenvalue weighted by Crippen LogP contribution is 2.20. The summed E-state index contributed by atoms with van der Waals surface area (Å²) in [6.07, 6.45) is 8.27. The van der Waals surface area contributed by atoms with Crippen molar-refractivity contribution in [1.82, 2.24) is 4.98 Å². The third kappa shape index (κ3) is 1.97. The Labute approximate surface area is 96.2 Å². The van der Waals surface area contributed by atoms with E-state index in [0.29, 0.717) is 0 Å². The van der Waals surface area contributed by atoms with E-state index in [1.807, 2.05) is 12.1 Å². The average Bonchev–Trinajstić information content (AvgIpc) is 2.39. The summed E-state index contributed by atoms with van der Waals surface area (Å²) in [6.45, 7) is 2.14. The van der Waals surface area contributed by atoms with Gasteiger partial charge < -0.3 is 0 Å². The average molecular weight is 207 g/mol. The van der Waals surface area contributed by atoms with Gasteiger partial charge in [0.1, 0.15) is 0 Å². The van der Waals surface area contributed by atoms with Gasteiger partial charge in [0.25, 0.3) is 0 Å². The molecule has 16 heavy (non-hydrogen) atoms. The zero-order valence-corrected chi connectivity index (χ0v) is 9.27. The van der Waals surface area contributed by atoms with Crippen molar-refractivity contribution in [2.75, 3.05) is 0 Å². The summed E-state index contributed by atoms with van der Waals surface area (Å²) in [5.41, 5.74) is 4.12. The van der Waals surface area contributed by atoms with Crippen molar-refractivity contribution in [2.24, 2.45) is 0 Å². The maximum absolute atomic E-state index is 5.45.